The van der Waals surface area contributed by atoms with Gasteiger partial charge in [-0.2, -0.15) is 7.82 Å². The zero-order valence-electron chi connectivity index (χ0n) is 5.08. The fourth-order valence-electron chi connectivity index (χ4n) is 0. The SMILES string of the molecule is O=P([O-])([O-])[O-].[H+].[K+].[Na+]. The molecule has 0 fully saturated rings. The van der Waals surface area contributed by atoms with Gasteiger partial charge >= 0.3 is 82.4 Å². The molecule has 0 aromatic rings. The Morgan fingerprint density at radius 2 is 1.29 bits per heavy atom. The van der Waals surface area contributed by atoms with Crippen molar-refractivity contribution in [3.8, 4) is 0 Å². The molecule has 0 heterocycles. The molecular formula is HKNaO4P. The van der Waals surface area contributed by atoms with Crippen LogP contribution in [0, 0.1) is 0 Å². The standard InChI is InChI=1S/K.Na.H3O4P/c;;1-5(2,3)4/h;;(H3,1,2,3,4)/q2*+1;/p-2. The van der Waals surface area contributed by atoms with Crippen molar-refractivity contribution in [1.82, 2.24) is 0 Å². The molecule has 0 spiro atoms. The van der Waals surface area contributed by atoms with Gasteiger partial charge in [0.25, 0.3) is 0 Å². The van der Waals surface area contributed by atoms with Gasteiger partial charge in [-0.1, -0.05) is 0 Å². The van der Waals surface area contributed by atoms with E-state index < -0.39 is 7.82 Å². The first-order valence-electron chi connectivity index (χ1n) is 0.730. The quantitative estimate of drug-likeness (QED) is 0.259. The molecule has 0 rings (SSSR count). The zero-order valence-corrected chi connectivity index (χ0v) is 10.1. The third-order valence-corrected chi connectivity index (χ3v) is 0. The number of hydrogen-bond acceptors (Lipinski definition) is 4. The van der Waals surface area contributed by atoms with Gasteiger partial charge in [0.05, 0.1) is 0 Å². The maximum atomic E-state index is 8.55. The van der Waals surface area contributed by atoms with E-state index in [1.807, 2.05) is 0 Å². The number of rotatable bonds is 0. The second-order valence-corrected chi connectivity index (χ2v) is 1.34. The molecule has 0 aliphatic heterocycles. The first-order chi connectivity index (χ1) is 2.00. The van der Waals surface area contributed by atoms with E-state index in [0.29, 0.717) is 0 Å². The van der Waals surface area contributed by atoms with Crippen LogP contribution >= 0.6 is 7.82 Å². The van der Waals surface area contributed by atoms with Crippen LogP contribution in [0.2, 0.25) is 0 Å². The van der Waals surface area contributed by atoms with Crippen molar-refractivity contribution in [1.29, 1.82) is 0 Å². The average molecular weight is 158 g/mol. The minimum absolute atomic E-state index is 0. The fraction of sp³-hybridized carbons (Fsp3) is 0. The van der Waals surface area contributed by atoms with E-state index in [2.05, 4.69) is 0 Å². The van der Waals surface area contributed by atoms with Crippen molar-refractivity contribution in [3.05, 3.63) is 0 Å². The number of hydrogen-bond donors (Lipinski definition) is 0. The summed E-state index contributed by atoms with van der Waals surface area (Å²) in [5, 5.41) is 0. The summed E-state index contributed by atoms with van der Waals surface area (Å²) in [6.45, 7) is 0. The summed E-state index contributed by atoms with van der Waals surface area (Å²) in [7, 11) is -5.39. The molecule has 0 bridgehead atoms. The van der Waals surface area contributed by atoms with Crippen LogP contribution in [-0.2, 0) is 4.57 Å². The predicted molar refractivity (Wildman–Crippen MR) is 8.72 cm³/mol. The Labute approximate surface area is 107 Å². The van der Waals surface area contributed by atoms with Crippen LogP contribution in [0.4, 0.5) is 0 Å². The molecule has 32 valence electrons. The van der Waals surface area contributed by atoms with Crippen LogP contribution in [0.1, 0.15) is 1.43 Å². The second-order valence-electron chi connectivity index (χ2n) is 0.447. The molecule has 0 unspecified atom stereocenters. The Hall–Kier alpha value is 2.75. The summed E-state index contributed by atoms with van der Waals surface area (Å²) in [5.74, 6) is 0. The van der Waals surface area contributed by atoms with Crippen LogP contribution in [0.25, 0.3) is 0 Å². The Bertz CT molecular complexity index is 62.2. The minimum Gasteiger partial charge on any atom is -0.822 e. The van der Waals surface area contributed by atoms with E-state index in [0.717, 1.165) is 0 Å². The fourth-order valence-corrected chi connectivity index (χ4v) is 0. The van der Waals surface area contributed by atoms with Gasteiger partial charge in [-0.3, -0.25) is 0 Å². The van der Waals surface area contributed by atoms with Gasteiger partial charge < -0.3 is 19.2 Å². The van der Waals surface area contributed by atoms with E-state index in [4.69, 9.17) is 19.2 Å². The molecule has 0 N–H and O–H groups in total. The molecule has 0 aromatic carbocycles. The zero-order chi connectivity index (χ0) is 4.50. The first-order valence-corrected chi connectivity index (χ1v) is 2.19. The minimum atomic E-state index is -5.39. The summed E-state index contributed by atoms with van der Waals surface area (Å²) in [5.41, 5.74) is 0. The second kappa shape index (κ2) is 6.86. The number of phosphoric acid groups is 1. The van der Waals surface area contributed by atoms with Crippen molar-refractivity contribution in [2.24, 2.45) is 0 Å². The summed E-state index contributed by atoms with van der Waals surface area (Å²) in [6, 6.07) is 0. The van der Waals surface area contributed by atoms with Crippen molar-refractivity contribution in [3.63, 3.8) is 0 Å². The Balaban J connectivity index is -0.0000000267. The van der Waals surface area contributed by atoms with Crippen LogP contribution < -0.4 is 95.6 Å². The van der Waals surface area contributed by atoms with Gasteiger partial charge in [0, 0.05) is 0 Å². The maximum Gasteiger partial charge on any atom is 1.00 e. The van der Waals surface area contributed by atoms with Crippen molar-refractivity contribution in [2.45, 2.75) is 0 Å². The average Bonchev–Trinajstić information content (AvgIpc) is 0.722. The van der Waals surface area contributed by atoms with Gasteiger partial charge in [0.1, 0.15) is 0 Å². The Morgan fingerprint density at radius 3 is 1.29 bits per heavy atom. The van der Waals surface area contributed by atoms with E-state index in [-0.39, 0.29) is 82.4 Å². The van der Waals surface area contributed by atoms with E-state index in [1.165, 1.54) is 0 Å². The van der Waals surface area contributed by atoms with Crippen molar-refractivity contribution < 1.29 is 102 Å². The van der Waals surface area contributed by atoms with Crippen molar-refractivity contribution in [2.75, 3.05) is 0 Å². The van der Waals surface area contributed by atoms with Gasteiger partial charge in [-0.25, -0.2) is 0 Å². The summed E-state index contributed by atoms with van der Waals surface area (Å²) in [4.78, 5) is 25.6. The predicted octanol–water partition coefficient (Wildman–Crippen LogP) is -8.70. The first kappa shape index (κ1) is 16.4. The molecule has 0 aliphatic rings. The van der Waals surface area contributed by atoms with Crippen LogP contribution in [0.15, 0.2) is 0 Å². The molecule has 0 atom stereocenters. The molecule has 0 amide bonds. The molecule has 4 nitrogen and oxygen atoms in total. The topological polar surface area (TPSA) is 86.2 Å². The molecule has 0 saturated heterocycles. The van der Waals surface area contributed by atoms with E-state index in [9.17, 15) is 0 Å². The van der Waals surface area contributed by atoms with E-state index >= 15 is 0 Å². The van der Waals surface area contributed by atoms with Crippen LogP contribution in [0.5, 0.6) is 0 Å². The smallest absolute Gasteiger partial charge is 0.822 e. The molecule has 0 saturated carbocycles. The Kier molecular flexibility index (Phi) is 16.1. The van der Waals surface area contributed by atoms with Gasteiger partial charge in [-0.15, -0.1) is 0 Å². The third kappa shape index (κ3) is 52.8. The van der Waals surface area contributed by atoms with E-state index in [1.54, 1.807) is 0 Å². The molecule has 0 aromatic heterocycles. The van der Waals surface area contributed by atoms with Gasteiger partial charge in [0.2, 0.25) is 0 Å². The summed E-state index contributed by atoms with van der Waals surface area (Å²) >= 11 is 0. The third-order valence-electron chi connectivity index (χ3n) is 0. The van der Waals surface area contributed by atoms with Crippen LogP contribution in [0.3, 0.4) is 0 Å². The van der Waals surface area contributed by atoms with Crippen LogP contribution in [-0.4, -0.2) is 0 Å². The summed E-state index contributed by atoms with van der Waals surface area (Å²) < 4.78 is 8.55. The maximum absolute atomic E-state index is 8.55. The van der Waals surface area contributed by atoms with Gasteiger partial charge in [0.15, 0.2) is 0 Å². The molecule has 0 aliphatic carbocycles. The molecular weight excluding hydrogens is 157 g/mol. The molecule has 7 heteroatoms. The molecule has 7 heavy (non-hydrogen) atoms. The normalized spacial score (nSPS) is 8.43. The largest absolute Gasteiger partial charge is 1.00 e. The Morgan fingerprint density at radius 1 is 1.29 bits per heavy atom. The van der Waals surface area contributed by atoms with Gasteiger partial charge in [-0.05, 0) is 0 Å². The molecule has 0 radical (unpaired) electrons. The summed E-state index contributed by atoms with van der Waals surface area (Å²) in [6.07, 6.45) is 0. The monoisotopic (exact) mass is 158 g/mol. The van der Waals surface area contributed by atoms with Crippen molar-refractivity contribution >= 4 is 7.82 Å².